The van der Waals surface area contributed by atoms with Crippen molar-refractivity contribution < 1.29 is 22.7 Å². The van der Waals surface area contributed by atoms with Gasteiger partial charge in [0.1, 0.15) is 11.5 Å². The Labute approximate surface area is 176 Å². The van der Waals surface area contributed by atoms with Gasteiger partial charge in [-0.1, -0.05) is 12.1 Å². The lowest BCUT2D eigenvalue weighted by Gasteiger charge is -2.30. The zero-order valence-corrected chi connectivity index (χ0v) is 17.9. The summed E-state index contributed by atoms with van der Waals surface area (Å²) in [6.45, 7) is 3.18. The first-order valence-corrected chi connectivity index (χ1v) is 12.3. The number of sulfone groups is 1. The molecule has 1 aromatic carbocycles. The summed E-state index contributed by atoms with van der Waals surface area (Å²) in [5, 5.41) is 5.60. The van der Waals surface area contributed by atoms with Crippen LogP contribution in [0.25, 0.3) is 0 Å². The molecule has 3 aliphatic rings. The first kappa shape index (κ1) is 20.8. The van der Waals surface area contributed by atoms with Crippen LogP contribution >= 0.6 is 0 Å². The van der Waals surface area contributed by atoms with Crippen LogP contribution in [-0.4, -0.2) is 66.6 Å². The number of rotatable bonds is 5. The summed E-state index contributed by atoms with van der Waals surface area (Å²) in [5.74, 6) is 0.409. The van der Waals surface area contributed by atoms with Gasteiger partial charge in [-0.3, -0.25) is 9.59 Å². The highest BCUT2D eigenvalue weighted by Crippen LogP contribution is 2.34. The third-order valence-electron chi connectivity index (χ3n) is 5.95. The summed E-state index contributed by atoms with van der Waals surface area (Å²) in [4.78, 5) is 27.4. The van der Waals surface area contributed by atoms with E-state index in [2.05, 4.69) is 5.10 Å². The van der Waals surface area contributed by atoms with E-state index in [4.69, 9.17) is 4.74 Å². The lowest BCUT2D eigenvalue weighted by molar-refractivity contribution is -0.134. The molecule has 30 heavy (non-hydrogen) atoms. The molecule has 2 amide bonds. The fourth-order valence-corrected chi connectivity index (χ4v) is 6.15. The minimum Gasteiger partial charge on any atom is -0.494 e. The number of hydrogen-bond acceptors (Lipinski definition) is 6. The molecule has 2 saturated heterocycles. The maximum absolute atomic E-state index is 13.3. The molecule has 0 spiro atoms. The summed E-state index contributed by atoms with van der Waals surface area (Å²) in [5.41, 5.74) is 1.40. The van der Waals surface area contributed by atoms with Gasteiger partial charge in [0.2, 0.25) is 5.91 Å². The molecule has 9 heteroatoms. The second-order valence-electron chi connectivity index (χ2n) is 8.00. The van der Waals surface area contributed by atoms with Gasteiger partial charge in [-0.25, -0.2) is 13.4 Å². The molecule has 1 aromatic rings. The van der Waals surface area contributed by atoms with Crippen LogP contribution in [0.2, 0.25) is 0 Å². The molecule has 0 N–H and O–H groups in total. The molecule has 0 radical (unpaired) electrons. The molecule has 3 heterocycles. The Kier molecular flexibility index (Phi) is 5.81. The van der Waals surface area contributed by atoms with Crippen molar-refractivity contribution in [3.63, 3.8) is 0 Å². The number of ether oxygens (including phenoxy) is 1. The van der Waals surface area contributed by atoms with Gasteiger partial charge < -0.3 is 9.64 Å². The molecule has 2 fully saturated rings. The van der Waals surface area contributed by atoms with Gasteiger partial charge in [0.25, 0.3) is 5.91 Å². The molecule has 0 bridgehead atoms. The van der Waals surface area contributed by atoms with E-state index in [1.807, 2.05) is 36.1 Å². The summed E-state index contributed by atoms with van der Waals surface area (Å²) in [6, 6.07) is 7.31. The third kappa shape index (κ3) is 4.21. The highest BCUT2D eigenvalue weighted by atomic mass is 32.2. The number of carbonyl (C=O) groups is 2. The van der Waals surface area contributed by atoms with Crippen LogP contribution in [0.4, 0.5) is 0 Å². The molecular formula is C21H27N3O5S. The molecular weight excluding hydrogens is 406 g/mol. The molecule has 3 aliphatic heterocycles. The number of benzene rings is 1. The van der Waals surface area contributed by atoms with Crippen LogP contribution in [0.15, 0.2) is 29.4 Å². The standard InChI is InChI=1S/C21H27N3O5S/c1-2-29-17-7-5-15(6-8-17)19-4-3-12-23(19)21(26)18-9-10-20(25)24(22-18)16-11-13-30(27,28)14-16/h5-8,16,19H,2-4,9-14H2,1H3. The molecule has 4 rings (SSSR count). The van der Waals surface area contributed by atoms with Crippen molar-refractivity contribution in [3.8, 4) is 5.75 Å². The van der Waals surface area contributed by atoms with E-state index in [-0.39, 0.29) is 35.8 Å². The Morgan fingerprint density at radius 1 is 1.20 bits per heavy atom. The monoisotopic (exact) mass is 433 g/mol. The quantitative estimate of drug-likeness (QED) is 0.707. The lowest BCUT2D eigenvalue weighted by atomic mass is 10.0. The molecule has 0 saturated carbocycles. The second kappa shape index (κ2) is 8.37. The molecule has 0 aliphatic carbocycles. The van der Waals surface area contributed by atoms with Gasteiger partial charge >= 0.3 is 0 Å². The van der Waals surface area contributed by atoms with Crippen molar-refractivity contribution in [1.29, 1.82) is 0 Å². The molecule has 0 aromatic heterocycles. The summed E-state index contributed by atoms with van der Waals surface area (Å²) in [7, 11) is -3.14. The van der Waals surface area contributed by atoms with Crippen molar-refractivity contribution in [2.45, 2.75) is 51.1 Å². The summed E-state index contributed by atoms with van der Waals surface area (Å²) < 4.78 is 29.1. The van der Waals surface area contributed by atoms with E-state index in [1.165, 1.54) is 5.01 Å². The zero-order chi connectivity index (χ0) is 21.3. The number of hydrogen-bond donors (Lipinski definition) is 0. The van der Waals surface area contributed by atoms with Gasteiger partial charge in [-0.15, -0.1) is 0 Å². The highest BCUT2D eigenvalue weighted by molar-refractivity contribution is 7.91. The van der Waals surface area contributed by atoms with E-state index in [0.717, 1.165) is 24.2 Å². The number of amides is 2. The van der Waals surface area contributed by atoms with Gasteiger partial charge in [0.15, 0.2) is 9.84 Å². The topological polar surface area (TPSA) is 96.3 Å². The van der Waals surface area contributed by atoms with Crippen molar-refractivity contribution in [3.05, 3.63) is 29.8 Å². The van der Waals surface area contributed by atoms with E-state index in [1.54, 1.807) is 0 Å². The molecule has 162 valence electrons. The number of nitrogens with zero attached hydrogens (tertiary/aromatic N) is 3. The number of hydrazone groups is 1. The van der Waals surface area contributed by atoms with Crippen LogP contribution < -0.4 is 4.74 Å². The largest absolute Gasteiger partial charge is 0.494 e. The Bertz CT molecular complexity index is 957. The smallest absolute Gasteiger partial charge is 0.270 e. The maximum Gasteiger partial charge on any atom is 0.270 e. The van der Waals surface area contributed by atoms with Crippen molar-refractivity contribution in [2.24, 2.45) is 5.10 Å². The zero-order valence-electron chi connectivity index (χ0n) is 17.1. The van der Waals surface area contributed by atoms with Gasteiger partial charge in [0, 0.05) is 19.4 Å². The Hall–Kier alpha value is -2.42. The van der Waals surface area contributed by atoms with E-state index in [0.29, 0.717) is 31.7 Å². The number of likely N-dealkylation sites (tertiary alicyclic amines) is 1. The van der Waals surface area contributed by atoms with Crippen molar-refractivity contribution in [2.75, 3.05) is 24.7 Å². The highest BCUT2D eigenvalue weighted by Gasteiger charge is 2.39. The van der Waals surface area contributed by atoms with E-state index >= 15 is 0 Å². The van der Waals surface area contributed by atoms with Crippen LogP contribution in [0, 0.1) is 0 Å². The normalized spacial score (nSPS) is 26.0. The predicted octanol–water partition coefficient (Wildman–Crippen LogP) is 1.91. The maximum atomic E-state index is 13.3. The third-order valence-corrected chi connectivity index (χ3v) is 7.70. The fourth-order valence-electron chi connectivity index (χ4n) is 4.45. The van der Waals surface area contributed by atoms with Crippen LogP contribution in [0.1, 0.15) is 50.6 Å². The number of carbonyl (C=O) groups excluding carboxylic acids is 2. The molecule has 8 nitrogen and oxygen atoms in total. The van der Waals surface area contributed by atoms with Crippen molar-refractivity contribution in [1.82, 2.24) is 9.91 Å². The minimum atomic E-state index is -3.14. The van der Waals surface area contributed by atoms with E-state index in [9.17, 15) is 18.0 Å². The first-order valence-electron chi connectivity index (χ1n) is 10.5. The van der Waals surface area contributed by atoms with Gasteiger partial charge in [0.05, 0.1) is 30.2 Å². The minimum absolute atomic E-state index is 0.0335. The van der Waals surface area contributed by atoms with Crippen LogP contribution in [0.3, 0.4) is 0 Å². The SMILES string of the molecule is CCOc1ccc(C2CCCN2C(=O)C2=NN(C3CCS(=O)(=O)C3)C(=O)CC2)cc1. The average molecular weight is 434 g/mol. The summed E-state index contributed by atoms with van der Waals surface area (Å²) in [6.07, 6.45) is 2.62. The Balaban J connectivity index is 1.52. The Morgan fingerprint density at radius 2 is 1.97 bits per heavy atom. The van der Waals surface area contributed by atoms with Crippen LogP contribution in [0.5, 0.6) is 5.75 Å². The molecule has 2 atom stereocenters. The lowest BCUT2D eigenvalue weighted by Crippen LogP contribution is -2.44. The summed E-state index contributed by atoms with van der Waals surface area (Å²) >= 11 is 0. The molecule has 2 unspecified atom stereocenters. The van der Waals surface area contributed by atoms with Crippen LogP contribution in [-0.2, 0) is 19.4 Å². The first-order chi connectivity index (χ1) is 14.4. The second-order valence-corrected chi connectivity index (χ2v) is 10.2. The van der Waals surface area contributed by atoms with Gasteiger partial charge in [-0.2, -0.15) is 5.10 Å². The predicted molar refractivity (Wildman–Crippen MR) is 112 cm³/mol. The fraction of sp³-hybridized carbons (Fsp3) is 0.571. The van der Waals surface area contributed by atoms with Crippen molar-refractivity contribution >= 4 is 27.4 Å². The average Bonchev–Trinajstić information content (AvgIpc) is 3.35. The van der Waals surface area contributed by atoms with E-state index < -0.39 is 15.9 Å². The van der Waals surface area contributed by atoms with Gasteiger partial charge in [-0.05, 0) is 43.9 Å². The Morgan fingerprint density at radius 3 is 2.63 bits per heavy atom.